The largest absolute Gasteiger partial charge is 0.365 e. The summed E-state index contributed by atoms with van der Waals surface area (Å²) in [5, 5.41) is 6.25. The number of hydrogen-bond donors (Lipinski definition) is 3. The van der Waals surface area contributed by atoms with Gasteiger partial charge in [-0.1, -0.05) is 0 Å². The summed E-state index contributed by atoms with van der Waals surface area (Å²) in [4.78, 5) is 42.4. The van der Waals surface area contributed by atoms with Crippen LogP contribution in [-0.2, 0) is 22.4 Å². The van der Waals surface area contributed by atoms with Crippen molar-refractivity contribution in [3.8, 4) is 0 Å². The van der Waals surface area contributed by atoms with E-state index in [1.807, 2.05) is 11.8 Å². The van der Waals surface area contributed by atoms with Gasteiger partial charge in [0, 0.05) is 36.7 Å². The maximum absolute atomic E-state index is 13.0. The van der Waals surface area contributed by atoms with E-state index in [0.717, 1.165) is 29.7 Å². The van der Waals surface area contributed by atoms with Gasteiger partial charge in [0.15, 0.2) is 0 Å². The fourth-order valence-corrected chi connectivity index (χ4v) is 5.68. The second-order valence-electron chi connectivity index (χ2n) is 8.46. The van der Waals surface area contributed by atoms with Crippen LogP contribution in [0.4, 0.5) is 15.1 Å². The van der Waals surface area contributed by atoms with Gasteiger partial charge in [0.05, 0.1) is 18.2 Å². The van der Waals surface area contributed by atoms with Crippen molar-refractivity contribution < 1.29 is 18.8 Å². The standard InChI is InChI=1S/C23H28FN5O3S/c1-14(22(32)27-23-20(21(25)31)17-3-2-4-18(17)33-23)29-11-9-28(10-12-29)13-19(30)26-16-7-5-15(24)6-8-16/h5-8,14H,2-4,9-13H2,1H3,(H2,25,31)(H,26,30)(H,27,32)/t14-/m0/s1. The average Bonchev–Trinajstić information content (AvgIpc) is 3.36. The number of thiophene rings is 1. The molecule has 2 aliphatic rings. The first-order chi connectivity index (χ1) is 15.8. The molecule has 0 saturated carbocycles. The van der Waals surface area contributed by atoms with Gasteiger partial charge in [-0.25, -0.2) is 4.39 Å². The number of fused-ring (bicyclic) bond motifs is 1. The van der Waals surface area contributed by atoms with Crippen LogP contribution in [0.25, 0.3) is 0 Å². The molecule has 33 heavy (non-hydrogen) atoms. The number of amides is 3. The number of carbonyl (C=O) groups is 3. The number of nitrogens with zero attached hydrogens (tertiary/aromatic N) is 2. The third-order valence-corrected chi connectivity index (χ3v) is 7.44. The highest BCUT2D eigenvalue weighted by atomic mass is 32.1. The molecule has 1 aliphatic carbocycles. The van der Waals surface area contributed by atoms with Crippen molar-refractivity contribution in [2.45, 2.75) is 32.2 Å². The van der Waals surface area contributed by atoms with Crippen molar-refractivity contribution >= 4 is 39.7 Å². The van der Waals surface area contributed by atoms with E-state index in [1.165, 1.54) is 35.6 Å². The monoisotopic (exact) mass is 473 g/mol. The predicted molar refractivity (Wildman–Crippen MR) is 126 cm³/mol. The summed E-state index contributed by atoms with van der Waals surface area (Å²) in [6.07, 6.45) is 2.76. The molecule has 2 aromatic rings. The maximum atomic E-state index is 13.0. The maximum Gasteiger partial charge on any atom is 0.251 e. The summed E-state index contributed by atoms with van der Waals surface area (Å²) in [6, 6.07) is 5.28. The molecule has 1 atom stereocenters. The van der Waals surface area contributed by atoms with E-state index < -0.39 is 5.91 Å². The minimum absolute atomic E-state index is 0.162. The number of carbonyl (C=O) groups excluding carboxylic acids is 3. The van der Waals surface area contributed by atoms with E-state index in [9.17, 15) is 18.8 Å². The fraction of sp³-hybridized carbons (Fsp3) is 0.435. The van der Waals surface area contributed by atoms with Crippen LogP contribution in [0.15, 0.2) is 24.3 Å². The topological polar surface area (TPSA) is 108 Å². The number of aryl methyl sites for hydroxylation is 1. The Hall–Kier alpha value is -2.82. The molecular formula is C23H28FN5O3S. The zero-order valence-corrected chi connectivity index (χ0v) is 19.3. The zero-order valence-electron chi connectivity index (χ0n) is 18.5. The van der Waals surface area contributed by atoms with Gasteiger partial charge in [0.25, 0.3) is 5.91 Å². The molecule has 1 aromatic heterocycles. The number of rotatable bonds is 7. The molecule has 10 heteroatoms. The van der Waals surface area contributed by atoms with Crippen LogP contribution in [0, 0.1) is 5.82 Å². The Balaban J connectivity index is 1.27. The first-order valence-corrected chi connectivity index (χ1v) is 11.9. The molecule has 176 valence electrons. The number of primary amides is 1. The molecule has 1 aliphatic heterocycles. The number of piperazine rings is 1. The SMILES string of the molecule is C[C@@H](C(=O)Nc1sc2c(c1C(N)=O)CCC2)N1CCN(CC(=O)Nc2ccc(F)cc2)CC1. The molecule has 1 aromatic carbocycles. The average molecular weight is 474 g/mol. The lowest BCUT2D eigenvalue weighted by atomic mass is 10.1. The van der Waals surface area contributed by atoms with E-state index in [4.69, 9.17) is 5.73 Å². The quantitative estimate of drug-likeness (QED) is 0.571. The molecule has 0 spiro atoms. The van der Waals surface area contributed by atoms with E-state index in [-0.39, 0.29) is 30.2 Å². The van der Waals surface area contributed by atoms with E-state index in [0.29, 0.717) is 42.4 Å². The number of anilines is 2. The molecule has 0 radical (unpaired) electrons. The molecule has 0 unspecified atom stereocenters. The van der Waals surface area contributed by atoms with Crippen LogP contribution in [0.5, 0.6) is 0 Å². The molecule has 0 bridgehead atoms. The summed E-state index contributed by atoms with van der Waals surface area (Å²) in [7, 11) is 0. The van der Waals surface area contributed by atoms with Gasteiger partial charge in [-0.3, -0.25) is 24.2 Å². The minimum atomic E-state index is -0.495. The van der Waals surface area contributed by atoms with Crippen molar-refractivity contribution in [3.05, 3.63) is 46.1 Å². The second-order valence-corrected chi connectivity index (χ2v) is 9.56. The van der Waals surface area contributed by atoms with Gasteiger partial charge in [0.1, 0.15) is 10.8 Å². The smallest absolute Gasteiger partial charge is 0.251 e. The second kappa shape index (κ2) is 9.98. The van der Waals surface area contributed by atoms with Gasteiger partial charge in [0.2, 0.25) is 11.8 Å². The van der Waals surface area contributed by atoms with Crippen molar-refractivity contribution in [1.82, 2.24) is 9.80 Å². The summed E-state index contributed by atoms with van der Waals surface area (Å²) < 4.78 is 13.0. The number of benzene rings is 1. The predicted octanol–water partition coefficient (Wildman–Crippen LogP) is 2.06. The number of nitrogens with one attached hydrogen (secondary N) is 2. The third kappa shape index (κ3) is 5.40. The van der Waals surface area contributed by atoms with E-state index >= 15 is 0 Å². The summed E-state index contributed by atoms with van der Waals surface area (Å²) >= 11 is 1.45. The Morgan fingerprint density at radius 1 is 1.09 bits per heavy atom. The normalized spacial score (nSPS) is 17.4. The third-order valence-electron chi connectivity index (χ3n) is 6.23. The molecule has 4 rings (SSSR count). The van der Waals surface area contributed by atoms with Gasteiger partial charge in [-0.2, -0.15) is 0 Å². The Morgan fingerprint density at radius 2 is 1.79 bits per heavy atom. The van der Waals surface area contributed by atoms with Crippen molar-refractivity contribution in [2.75, 3.05) is 43.4 Å². The molecular weight excluding hydrogens is 445 g/mol. The molecule has 4 N–H and O–H groups in total. The van der Waals surface area contributed by atoms with Crippen LogP contribution in [0.3, 0.4) is 0 Å². The first-order valence-electron chi connectivity index (χ1n) is 11.1. The Bertz CT molecular complexity index is 1050. The summed E-state index contributed by atoms with van der Waals surface area (Å²) in [5.41, 5.74) is 7.60. The van der Waals surface area contributed by atoms with Gasteiger partial charge >= 0.3 is 0 Å². The first kappa shape index (κ1) is 23.3. The van der Waals surface area contributed by atoms with Crippen LogP contribution in [0.2, 0.25) is 0 Å². The van der Waals surface area contributed by atoms with Crippen LogP contribution >= 0.6 is 11.3 Å². The van der Waals surface area contributed by atoms with Gasteiger partial charge < -0.3 is 16.4 Å². The van der Waals surface area contributed by atoms with E-state index in [1.54, 1.807) is 0 Å². The summed E-state index contributed by atoms with van der Waals surface area (Å²) in [6.45, 7) is 4.65. The number of nitrogens with two attached hydrogens (primary N) is 1. The lowest BCUT2D eigenvalue weighted by molar-refractivity contribution is -0.122. The van der Waals surface area contributed by atoms with Gasteiger partial charge in [-0.05, 0) is 56.0 Å². The van der Waals surface area contributed by atoms with Crippen molar-refractivity contribution in [3.63, 3.8) is 0 Å². The van der Waals surface area contributed by atoms with Crippen LogP contribution in [0.1, 0.15) is 34.1 Å². The Labute approximate surface area is 195 Å². The van der Waals surface area contributed by atoms with Crippen LogP contribution in [-0.4, -0.2) is 66.3 Å². The van der Waals surface area contributed by atoms with E-state index in [2.05, 4.69) is 15.5 Å². The molecule has 3 amide bonds. The summed E-state index contributed by atoms with van der Waals surface area (Å²) in [5.74, 6) is -1.17. The number of hydrogen-bond acceptors (Lipinski definition) is 6. The number of halogens is 1. The molecule has 8 nitrogen and oxygen atoms in total. The highest BCUT2D eigenvalue weighted by Crippen LogP contribution is 2.38. The van der Waals surface area contributed by atoms with Gasteiger partial charge in [-0.15, -0.1) is 11.3 Å². The van der Waals surface area contributed by atoms with Crippen LogP contribution < -0.4 is 16.4 Å². The lowest BCUT2D eigenvalue weighted by Gasteiger charge is -2.37. The fourth-order valence-electron chi connectivity index (χ4n) is 4.38. The van der Waals surface area contributed by atoms with Crippen molar-refractivity contribution in [1.29, 1.82) is 0 Å². The molecule has 1 saturated heterocycles. The zero-order chi connectivity index (χ0) is 23.5. The van der Waals surface area contributed by atoms with Crippen molar-refractivity contribution in [2.24, 2.45) is 5.73 Å². The molecule has 1 fully saturated rings. The molecule has 2 heterocycles. The Morgan fingerprint density at radius 3 is 2.45 bits per heavy atom. The Kier molecular flexibility index (Phi) is 7.06. The minimum Gasteiger partial charge on any atom is -0.365 e. The highest BCUT2D eigenvalue weighted by molar-refractivity contribution is 7.17. The highest BCUT2D eigenvalue weighted by Gasteiger charge is 2.30. The lowest BCUT2D eigenvalue weighted by Crippen LogP contribution is -2.53.